The molecule has 0 aromatic heterocycles. The third-order valence-electron chi connectivity index (χ3n) is 6.89. The van der Waals surface area contributed by atoms with Crippen molar-refractivity contribution in [3.8, 4) is 40.2 Å². The summed E-state index contributed by atoms with van der Waals surface area (Å²) in [6.45, 7) is 6.56. The Labute approximate surface area is 214 Å². The normalized spacial score (nSPS) is 13.8. The first-order valence-electron chi connectivity index (χ1n) is 11.7. The van der Waals surface area contributed by atoms with E-state index in [0.717, 1.165) is 0 Å². The average Bonchev–Trinajstić information content (AvgIpc) is 2.81. The van der Waals surface area contributed by atoms with Crippen molar-refractivity contribution < 1.29 is 45.6 Å². The van der Waals surface area contributed by atoms with Gasteiger partial charge in [0.05, 0.1) is 6.10 Å². The lowest BCUT2D eigenvalue weighted by molar-refractivity contribution is -0.117. The summed E-state index contributed by atoms with van der Waals surface area (Å²) in [6.07, 6.45) is -1.08. The van der Waals surface area contributed by atoms with Crippen molar-refractivity contribution >= 4 is 5.78 Å². The van der Waals surface area contributed by atoms with Crippen LogP contribution in [0.2, 0.25) is 0 Å². The number of aliphatic hydroxyl groups excluding tert-OH is 1. The lowest BCUT2D eigenvalue weighted by Crippen LogP contribution is -2.20. The molecule has 8 N–H and O–H groups in total. The number of aromatic hydroxyl groups is 7. The number of hydrogen-bond acceptors (Lipinski definition) is 9. The standard InChI is InChI=1S/C28H32O9/c1-12-5-21(31)18(11-20(30)14(3)16-7-22(32)27(36)23(33)8-16)15(4)26(12)19(6-13(2)29)17-9-24(34)28(37)25(35)10-17/h5,7-10,14,19-20,30-37H,6,11H2,1-4H3/t14-,19+,20+/m1/s1. The fourth-order valence-corrected chi connectivity index (χ4v) is 4.81. The Balaban J connectivity index is 2.07. The molecule has 0 saturated carbocycles. The van der Waals surface area contributed by atoms with Crippen LogP contribution in [-0.4, -0.2) is 52.7 Å². The molecule has 0 heterocycles. The molecular weight excluding hydrogens is 480 g/mol. The molecule has 9 nitrogen and oxygen atoms in total. The molecule has 0 radical (unpaired) electrons. The third kappa shape index (κ3) is 5.51. The van der Waals surface area contributed by atoms with Gasteiger partial charge in [0.1, 0.15) is 11.5 Å². The lowest BCUT2D eigenvalue weighted by Gasteiger charge is -2.26. The van der Waals surface area contributed by atoms with Crippen molar-refractivity contribution in [1.29, 1.82) is 0 Å². The highest BCUT2D eigenvalue weighted by molar-refractivity contribution is 5.77. The molecule has 9 heteroatoms. The summed E-state index contributed by atoms with van der Waals surface area (Å²) in [6, 6.07) is 6.54. The van der Waals surface area contributed by atoms with Crippen LogP contribution in [0.3, 0.4) is 0 Å². The first kappa shape index (κ1) is 27.5. The van der Waals surface area contributed by atoms with Gasteiger partial charge in [-0.05, 0) is 84.5 Å². The Morgan fingerprint density at radius 1 is 0.757 bits per heavy atom. The largest absolute Gasteiger partial charge is 0.508 e. The molecular formula is C28H32O9. The smallest absolute Gasteiger partial charge is 0.200 e. The predicted octanol–water partition coefficient (Wildman–Crippen LogP) is 4.06. The highest BCUT2D eigenvalue weighted by Crippen LogP contribution is 2.44. The molecule has 198 valence electrons. The van der Waals surface area contributed by atoms with Crippen molar-refractivity contribution in [3.05, 3.63) is 63.7 Å². The topological polar surface area (TPSA) is 179 Å². The van der Waals surface area contributed by atoms with E-state index in [1.54, 1.807) is 20.8 Å². The minimum absolute atomic E-state index is 0.0145. The SMILES string of the molecule is CC(=O)C[C@@H](c1cc(O)c(O)c(O)c1)c1c(C)cc(O)c(C[C@H](O)[C@H](C)c2cc(O)c(O)c(O)c2)c1C. The van der Waals surface area contributed by atoms with E-state index in [2.05, 4.69) is 0 Å². The maximum Gasteiger partial charge on any atom is 0.200 e. The van der Waals surface area contributed by atoms with Gasteiger partial charge in [0.15, 0.2) is 34.5 Å². The van der Waals surface area contributed by atoms with Crippen LogP contribution in [-0.2, 0) is 11.2 Å². The van der Waals surface area contributed by atoms with Crippen LogP contribution < -0.4 is 0 Å². The fourth-order valence-electron chi connectivity index (χ4n) is 4.81. The molecule has 37 heavy (non-hydrogen) atoms. The van der Waals surface area contributed by atoms with Gasteiger partial charge in [-0.3, -0.25) is 4.79 Å². The van der Waals surface area contributed by atoms with E-state index < -0.39 is 52.4 Å². The monoisotopic (exact) mass is 512 g/mol. The molecule has 0 saturated heterocycles. The zero-order valence-electron chi connectivity index (χ0n) is 21.0. The van der Waals surface area contributed by atoms with E-state index in [1.165, 1.54) is 37.3 Å². The van der Waals surface area contributed by atoms with Gasteiger partial charge in [-0.2, -0.15) is 0 Å². The molecule has 0 amide bonds. The Hall–Kier alpha value is -4.11. The number of aliphatic hydroxyl groups is 1. The number of ketones is 1. The van der Waals surface area contributed by atoms with Crippen LogP contribution in [0.4, 0.5) is 0 Å². The van der Waals surface area contributed by atoms with Crippen molar-refractivity contribution in [3.63, 3.8) is 0 Å². The fraction of sp³-hybridized carbons (Fsp3) is 0.321. The summed E-state index contributed by atoms with van der Waals surface area (Å²) < 4.78 is 0. The van der Waals surface area contributed by atoms with Gasteiger partial charge in [0.25, 0.3) is 0 Å². The minimum Gasteiger partial charge on any atom is -0.508 e. The maximum absolute atomic E-state index is 12.2. The van der Waals surface area contributed by atoms with Crippen LogP contribution >= 0.6 is 0 Å². The van der Waals surface area contributed by atoms with Crippen molar-refractivity contribution in [1.82, 2.24) is 0 Å². The summed E-state index contributed by atoms with van der Waals surface area (Å²) in [5, 5.41) is 81.0. The number of Topliss-reactive ketones (excluding diaryl/α,β-unsaturated/α-hetero) is 1. The van der Waals surface area contributed by atoms with Gasteiger partial charge in [0, 0.05) is 24.7 Å². The number of phenols is 7. The highest BCUT2D eigenvalue weighted by Gasteiger charge is 2.27. The molecule has 0 aliphatic carbocycles. The summed E-state index contributed by atoms with van der Waals surface area (Å²) >= 11 is 0. The quantitative estimate of drug-likeness (QED) is 0.207. The summed E-state index contributed by atoms with van der Waals surface area (Å²) in [5.74, 6) is -4.94. The predicted molar refractivity (Wildman–Crippen MR) is 136 cm³/mol. The van der Waals surface area contributed by atoms with Crippen LogP contribution in [0.5, 0.6) is 40.2 Å². The number of benzene rings is 3. The van der Waals surface area contributed by atoms with E-state index in [1.807, 2.05) is 0 Å². The van der Waals surface area contributed by atoms with Crippen molar-refractivity contribution in [2.45, 2.75) is 58.5 Å². The zero-order valence-corrected chi connectivity index (χ0v) is 21.0. The van der Waals surface area contributed by atoms with Gasteiger partial charge >= 0.3 is 0 Å². The van der Waals surface area contributed by atoms with E-state index in [4.69, 9.17) is 0 Å². The van der Waals surface area contributed by atoms with Gasteiger partial charge in [0.2, 0.25) is 0 Å². The number of hydrogen-bond donors (Lipinski definition) is 8. The number of phenolic OH excluding ortho intramolecular Hbond substituents is 7. The first-order valence-corrected chi connectivity index (χ1v) is 11.7. The Morgan fingerprint density at radius 3 is 1.68 bits per heavy atom. The summed E-state index contributed by atoms with van der Waals surface area (Å²) in [5.41, 5.74) is 3.07. The maximum atomic E-state index is 12.2. The van der Waals surface area contributed by atoms with E-state index >= 15 is 0 Å². The second-order valence-corrected chi connectivity index (χ2v) is 9.56. The molecule has 0 aliphatic rings. The van der Waals surface area contributed by atoms with Crippen LogP contribution in [0, 0.1) is 13.8 Å². The Morgan fingerprint density at radius 2 is 1.22 bits per heavy atom. The van der Waals surface area contributed by atoms with Crippen molar-refractivity contribution in [2.24, 2.45) is 0 Å². The molecule has 3 aromatic rings. The van der Waals surface area contributed by atoms with Gasteiger partial charge < -0.3 is 40.9 Å². The van der Waals surface area contributed by atoms with Gasteiger partial charge in [-0.25, -0.2) is 0 Å². The average molecular weight is 513 g/mol. The molecule has 3 atom stereocenters. The Kier molecular flexibility index (Phi) is 7.78. The molecule has 0 aliphatic heterocycles. The minimum atomic E-state index is -1.07. The summed E-state index contributed by atoms with van der Waals surface area (Å²) in [4.78, 5) is 12.2. The number of aryl methyl sites for hydroxylation is 1. The molecule has 0 bridgehead atoms. The molecule has 3 aromatic carbocycles. The second kappa shape index (κ2) is 10.5. The van der Waals surface area contributed by atoms with Gasteiger partial charge in [-0.15, -0.1) is 0 Å². The van der Waals surface area contributed by atoms with Crippen molar-refractivity contribution in [2.75, 3.05) is 0 Å². The highest BCUT2D eigenvalue weighted by atomic mass is 16.3. The summed E-state index contributed by atoms with van der Waals surface area (Å²) in [7, 11) is 0. The number of rotatable bonds is 8. The lowest BCUT2D eigenvalue weighted by atomic mass is 9.79. The molecule has 0 fully saturated rings. The van der Waals surface area contributed by atoms with Gasteiger partial charge in [-0.1, -0.05) is 6.92 Å². The van der Waals surface area contributed by atoms with Crippen LogP contribution in [0.25, 0.3) is 0 Å². The Bertz CT molecular complexity index is 1300. The van der Waals surface area contributed by atoms with E-state index in [0.29, 0.717) is 33.4 Å². The number of carbonyl (C=O) groups excluding carboxylic acids is 1. The molecule has 3 rings (SSSR count). The zero-order chi connectivity index (χ0) is 27.8. The third-order valence-corrected chi connectivity index (χ3v) is 6.89. The van der Waals surface area contributed by atoms with Crippen LogP contribution in [0.1, 0.15) is 65.5 Å². The van der Waals surface area contributed by atoms with Crippen LogP contribution in [0.15, 0.2) is 30.3 Å². The number of carbonyl (C=O) groups is 1. The molecule has 0 spiro atoms. The van der Waals surface area contributed by atoms with E-state index in [9.17, 15) is 45.6 Å². The molecule has 0 unspecified atom stereocenters. The first-order chi connectivity index (χ1) is 17.2. The second-order valence-electron chi connectivity index (χ2n) is 9.56. The van der Waals surface area contributed by atoms with E-state index in [-0.39, 0.29) is 24.4 Å².